The summed E-state index contributed by atoms with van der Waals surface area (Å²) in [4.78, 5) is 36.9. The van der Waals surface area contributed by atoms with Crippen molar-refractivity contribution in [3.8, 4) is 5.75 Å². The fraction of sp³-hybridized carbons (Fsp3) is 0.118. The molecule has 5 nitrogen and oxygen atoms in total. The third-order valence-electron chi connectivity index (χ3n) is 3.69. The molecule has 1 aliphatic carbocycles. The van der Waals surface area contributed by atoms with Gasteiger partial charge in [-0.1, -0.05) is 0 Å². The average molecular weight is 375 g/mol. The predicted octanol–water partition coefficient (Wildman–Crippen LogP) is 3.41. The minimum atomic E-state index is -0.730. The van der Waals surface area contributed by atoms with Crippen LogP contribution in [0.4, 0.5) is 0 Å². The number of carbonyl (C=O) groups is 3. The minimum Gasteiger partial charge on any atom is -0.497 e. The number of allylic oxidation sites excluding steroid dienone is 1. The molecule has 3 rings (SSSR count). The average Bonchev–Trinajstić information content (AvgIpc) is 3.02. The lowest BCUT2D eigenvalue weighted by Crippen LogP contribution is -2.22. The maximum atomic E-state index is 12.6. The van der Waals surface area contributed by atoms with Crippen molar-refractivity contribution >= 4 is 37.8 Å². The standard InChI is InChI=1S/C17H11BrO5/c1-8-13(18)17-12(16(21)14(8)19)11(7-23-17)15(20)9-3-5-10(22-2)6-4-9/h3-7H,1-2H3. The van der Waals surface area contributed by atoms with E-state index in [9.17, 15) is 14.4 Å². The Hall–Kier alpha value is -2.47. The Bertz CT molecular complexity index is 871. The van der Waals surface area contributed by atoms with Gasteiger partial charge in [-0.15, -0.1) is 0 Å². The van der Waals surface area contributed by atoms with E-state index in [1.807, 2.05) is 0 Å². The maximum absolute atomic E-state index is 12.6. The third kappa shape index (κ3) is 2.35. The number of methoxy groups -OCH3 is 1. The quantitative estimate of drug-likeness (QED) is 0.607. The van der Waals surface area contributed by atoms with Crippen LogP contribution >= 0.6 is 15.9 Å². The van der Waals surface area contributed by atoms with Crippen LogP contribution in [-0.2, 0) is 4.79 Å². The molecule has 1 aliphatic rings. The number of hydrogen-bond donors (Lipinski definition) is 0. The van der Waals surface area contributed by atoms with Crippen LogP contribution in [0.25, 0.3) is 4.48 Å². The summed E-state index contributed by atoms with van der Waals surface area (Å²) in [6.45, 7) is 1.53. The zero-order chi connectivity index (χ0) is 16.7. The monoisotopic (exact) mass is 374 g/mol. The first-order chi connectivity index (χ1) is 11.0. The van der Waals surface area contributed by atoms with E-state index < -0.39 is 17.3 Å². The lowest BCUT2D eigenvalue weighted by Gasteiger charge is -2.11. The van der Waals surface area contributed by atoms with Gasteiger partial charge in [-0.3, -0.25) is 14.4 Å². The second kappa shape index (κ2) is 5.62. The number of Topliss-reactive ketones (excluding diaryl/α,β-unsaturated/α-hetero) is 2. The van der Waals surface area contributed by atoms with E-state index in [1.54, 1.807) is 24.3 Å². The van der Waals surface area contributed by atoms with Crippen molar-refractivity contribution in [2.24, 2.45) is 0 Å². The van der Waals surface area contributed by atoms with Crippen LogP contribution in [0.1, 0.15) is 39.0 Å². The smallest absolute Gasteiger partial charge is 0.237 e. The number of benzene rings is 1. The number of ketones is 3. The van der Waals surface area contributed by atoms with Gasteiger partial charge in [-0.05, 0) is 47.1 Å². The van der Waals surface area contributed by atoms with Crippen LogP contribution in [0.2, 0.25) is 0 Å². The van der Waals surface area contributed by atoms with Crippen LogP contribution < -0.4 is 4.74 Å². The Morgan fingerprint density at radius 3 is 2.39 bits per heavy atom. The molecule has 0 bridgehead atoms. The van der Waals surface area contributed by atoms with E-state index >= 15 is 0 Å². The van der Waals surface area contributed by atoms with Crippen LogP contribution in [-0.4, -0.2) is 24.5 Å². The van der Waals surface area contributed by atoms with Crippen molar-refractivity contribution in [2.45, 2.75) is 6.92 Å². The molecule has 23 heavy (non-hydrogen) atoms. The summed E-state index contributed by atoms with van der Waals surface area (Å²) >= 11 is 3.24. The third-order valence-corrected chi connectivity index (χ3v) is 4.65. The molecule has 0 saturated heterocycles. The molecule has 0 atom stereocenters. The summed E-state index contributed by atoms with van der Waals surface area (Å²) < 4.78 is 10.8. The van der Waals surface area contributed by atoms with Crippen LogP contribution in [0, 0.1) is 0 Å². The van der Waals surface area contributed by atoms with Gasteiger partial charge in [0.1, 0.15) is 12.0 Å². The molecule has 0 N–H and O–H groups in total. The van der Waals surface area contributed by atoms with Gasteiger partial charge in [0, 0.05) is 11.1 Å². The molecule has 0 saturated carbocycles. The minimum absolute atomic E-state index is 0.00768. The fourth-order valence-electron chi connectivity index (χ4n) is 2.36. The molecular formula is C17H11BrO5. The second-order valence-electron chi connectivity index (χ2n) is 5.01. The molecule has 1 heterocycles. The predicted molar refractivity (Wildman–Crippen MR) is 86.0 cm³/mol. The molecule has 0 amide bonds. The van der Waals surface area contributed by atoms with Gasteiger partial charge in [-0.25, -0.2) is 0 Å². The maximum Gasteiger partial charge on any atom is 0.237 e. The summed E-state index contributed by atoms with van der Waals surface area (Å²) in [5.74, 6) is -0.938. The Labute approximate surface area is 140 Å². The zero-order valence-corrected chi connectivity index (χ0v) is 13.9. The highest BCUT2D eigenvalue weighted by atomic mass is 79.9. The number of hydrogen-bond acceptors (Lipinski definition) is 5. The fourth-order valence-corrected chi connectivity index (χ4v) is 2.84. The molecule has 1 aromatic carbocycles. The number of carbonyl (C=O) groups excluding carboxylic acids is 3. The summed E-state index contributed by atoms with van der Waals surface area (Å²) in [5.41, 5.74) is 0.721. The van der Waals surface area contributed by atoms with Gasteiger partial charge in [0.05, 0.1) is 22.7 Å². The first kappa shape index (κ1) is 15.4. The first-order valence-corrected chi connectivity index (χ1v) is 7.51. The highest BCUT2D eigenvalue weighted by Crippen LogP contribution is 2.37. The van der Waals surface area contributed by atoms with E-state index in [-0.39, 0.29) is 22.5 Å². The van der Waals surface area contributed by atoms with E-state index in [0.29, 0.717) is 15.8 Å². The van der Waals surface area contributed by atoms with E-state index in [0.717, 1.165) is 0 Å². The first-order valence-electron chi connectivity index (χ1n) is 6.71. The van der Waals surface area contributed by atoms with Crippen LogP contribution in [0.5, 0.6) is 5.75 Å². The van der Waals surface area contributed by atoms with Crippen molar-refractivity contribution < 1.29 is 23.5 Å². The molecule has 0 unspecified atom stereocenters. The lowest BCUT2D eigenvalue weighted by molar-refractivity contribution is -0.111. The van der Waals surface area contributed by atoms with Crippen molar-refractivity contribution in [1.82, 2.24) is 0 Å². The van der Waals surface area contributed by atoms with Crippen molar-refractivity contribution in [1.29, 1.82) is 0 Å². The molecule has 0 fully saturated rings. The summed E-state index contributed by atoms with van der Waals surface area (Å²) in [7, 11) is 1.53. The summed E-state index contributed by atoms with van der Waals surface area (Å²) in [6, 6.07) is 6.47. The van der Waals surface area contributed by atoms with Gasteiger partial charge in [0.15, 0.2) is 11.5 Å². The van der Waals surface area contributed by atoms with Crippen LogP contribution in [0.3, 0.4) is 0 Å². The largest absolute Gasteiger partial charge is 0.497 e. The number of fused-ring (bicyclic) bond motifs is 1. The zero-order valence-electron chi connectivity index (χ0n) is 12.3. The van der Waals surface area contributed by atoms with Crippen molar-refractivity contribution in [2.75, 3.05) is 7.11 Å². The molecule has 1 aromatic heterocycles. The Balaban J connectivity index is 2.09. The topological polar surface area (TPSA) is 73.6 Å². The second-order valence-corrected chi connectivity index (χ2v) is 5.80. The highest BCUT2D eigenvalue weighted by molar-refractivity contribution is 9.15. The van der Waals surface area contributed by atoms with Gasteiger partial charge in [0.2, 0.25) is 11.6 Å². The number of rotatable bonds is 3. The summed E-state index contributed by atoms with van der Waals surface area (Å²) in [6.07, 6.45) is 1.21. The molecular weight excluding hydrogens is 364 g/mol. The number of furan rings is 1. The summed E-state index contributed by atoms with van der Waals surface area (Å²) in [5, 5.41) is 0. The van der Waals surface area contributed by atoms with Crippen molar-refractivity contribution in [3.63, 3.8) is 0 Å². The van der Waals surface area contributed by atoms with E-state index in [1.165, 1.54) is 20.3 Å². The molecule has 0 spiro atoms. The lowest BCUT2D eigenvalue weighted by atomic mass is 9.90. The van der Waals surface area contributed by atoms with Gasteiger partial charge < -0.3 is 9.15 Å². The number of halogens is 1. The Morgan fingerprint density at radius 1 is 1.13 bits per heavy atom. The number of ether oxygens (including phenoxy) is 1. The highest BCUT2D eigenvalue weighted by Gasteiger charge is 2.36. The van der Waals surface area contributed by atoms with Gasteiger partial charge >= 0.3 is 0 Å². The van der Waals surface area contributed by atoms with E-state index in [4.69, 9.17) is 9.15 Å². The molecule has 0 aliphatic heterocycles. The van der Waals surface area contributed by atoms with E-state index in [2.05, 4.69) is 15.9 Å². The SMILES string of the molecule is COc1ccc(C(=O)c2coc3c2C(=O)C(=O)C(C)=C3Br)cc1. The normalized spacial score (nSPS) is 14.0. The molecule has 116 valence electrons. The molecule has 0 radical (unpaired) electrons. The van der Waals surface area contributed by atoms with Gasteiger partial charge in [0.25, 0.3) is 0 Å². The Morgan fingerprint density at radius 2 is 1.78 bits per heavy atom. The van der Waals surface area contributed by atoms with Crippen LogP contribution in [0.15, 0.2) is 40.5 Å². The van der Waals surface area contributed by atoms with Crippen molar-refractivity contribution in [3.05, 3.63) is 58.6 Å². The Kier molecular flexibility index (Phi) is 3.77. The molecule has 2 aromatic rings. The molecule has 6 heteroatoms. The van der Waals surface area contributed by atoms with Gasteiger partial charge in [-0.2, -0.15) is 0 Å².